The van der Waals surface area contributed by atoms with Crippen molar-refractivity contribution in [2.75, 3.05) is 19.8 Å². The van der Waals surface area contributed by atoms with E-state index < -0.39 is 68.0 Å². The molecule has 10 nitrogen and oxygen atoms in total. The second-order valence-corrected chi connectivity index (χ2v) is 7.41. The van der Waals surface area contributed by atoms with E-state index in [1.54, 1.807) is 0 Å². The van der Waals surface area contributed by atoms with Gasteiger partial charge in [-0.3, -0.25) is 0 Å². The summed E-state index contributed by atoms with van der Waals surface area (Å²) in [5, 5.41) is 50.6. The van der Waals surface area contributed by atoms with Crippen molar-refractivity contribution < 1.29 is 49.2 Å². The second kappa shape index (κ2) is 8.90. The predicted octanol–water partition coefficient (Wildman–Crippen LogP) is -1.95. The van der Waals surface area contributed by atoms with Crippen molar-refractivity contribution in [1.29, 1.82) is 0 Å². The summed E-state index contributed by atoms with van der Waals surface area (Å²) in [7, 11) is 0. The third kappa shape index (κ3) is 4.19. The highest BCUT2D eigenvalue weighted by Gasteiger charge is 2.51. The van der Waals surface area contributed by atoms with Crippen LogP contribution in [-0.2, 0) is 23.7 Å². The number of rotatable bonds is 4. The smallest absolute Gasteiger partial charge is 0.187 e. The number of hydrogen-bond acceptors (Lipinski definition) is 10. The van der Waals surface area contributed by atoms with Crippen LogP contribution in [0.15, 0.2) is 30.3 Å². The third-order valence-corrected chi connectivity index (χ3v) is 5.45. The van der Waals surface area contributed by atoms with Crippen LogP contribution in [0.25, 0.3) is 0 Å². The van der Waals surface area contributed by atoms with Gasteiger partial charge in [-0.25, -0.2) is 0 Å². The Morgan fingerprint density at radius 2 is 1.66 bits per heavy atom. The summed E-state index contributed by atoms with van der Waals surface area (Å²) < 4.78 is 28.1. The third-order valence-electron chi connectivity index (χ3n) is 5.45. The van der Waals surface area contributed by atoms with Crippen LogP contribution < -0.4 is 0 Å². The first-order chi connectivity index (χ1) is 14.0. The molecule has 3 fully saturated rings. The fraction of sp³-hybridized carbons (Fsp3) is 0.684. The Morgan fingerprint density at radius 1 is 0.897 bits per heavy atom. The fourth-order valence-corrected chi connectivity index (χ4v) is 3.80. The Hall–Kier alpha value is -1.18. The molecule has 3 saturated heterocycles. The molecule has 3 aliphatic rings. The zero-order valence-corrected chi connectivity index (χ0v) is 15.6. The van der Waals surface area contributed by atoms with Gasteiger partial charge >= 0.3 is 0 Å². The highest BCUT2D eigenvalue weighted by molar-refractivity contribution is 5.16. The molecule has 0 radical (unpaired) electrons. The first-order valence-electron chi connectivity index (χ1n) is 9.57. The largest absolute Gasteiger partial charge is 0.394 e. The summed E-state index contributed by atoms with van der Waals surface area (Å²) in [6.07, 6.45) is -11.1. The summed E-state index contributed by atoms with van der Waals surface area (Å²) >= 11 is 0. The lowest BCUT2D eigenvalue weighted by Gasteiger charge is -2.48. The van der Waals surface area contributed by atoms with E-state index in [4.69, 9.17) is 23.7 Å². The zero-order chi connectivity index (χ0) is 20.5. The van der Waals surface area contributed by atoms with Gasteiger partial charge < -0.3 is 49.2 Å². The van der Waals surface area contributed by atoms with E-state index in [-0.39, 0.29) is 13.2 Å². The van der Waals surface area contributed by atoms with Crippen LogP contribution in [0, 0.1) is 0 Å². The second-order valence-electron chi connectivity index (χ2n) is 7.41. The van der Waals surface area contributed by atoms with Crippen LogP contribution in [0.5, 0.6) is 0 Å². The van der Waals surface area contributed by atoms with Gasteiger partial charge in [-0.05, 0) is 0 Å². The molecule has 0 saturated carbocycles. The van der Waals surface area contributed by atoms with Crippen molar-refractivity contribution in [1.82, 2.24) is 0 Å². The summed E-state index contributed by atoms with van der Waals surface area (Å²) in [6.45, 7) is -0.531. The Bertz CT molecular complexity index is 656. The highest BCUT2D eigenvalue weighted by atomic mass is 16.8. The fourth-order valence-electron chi connectivity index (χ4n) is 3.80. The topological polar surface area (TPSA) is 147 Å². The van der Waals surface area contributed by atoms with Gasteiger partial charge in [-0.15, -0.1) is 0 Å². The van der Waals surface area contributed by atoms with Gasteiger partial charge in [0.05, 0.1) is 19.8 Å². The minimum Gasteiger partial charge on any atom is -0.394 e. The van der Waals surface area contributed by atoms with E-state index >= 15 is 0 Å². The molecular formula is C19H26O10. The molecule has 3 heterocycles. The average Bonchev–Trinajstić information content (AvgIpc) is 2.75. The normalized spacial score (nSPS) is 45.6. The lowest BCUT2D eigenvalue weighted by Crippen LogP contribution is -2.64. The van der Waals surface area contributed by atoms with Crippen molar-refractivity contribution in [3.63, 3.8) is 0 Å². The number of fused-ring (bicyclic) bond motifs is 1. The zero-order valence-electron chi connectivity index (χ0n) is 15.6. The molecule has 0 bridgehead atoms. The monoisotopic (exact) mass is 414 g/mol. The van der Waals surface area contributed by atoms with Gasteiger partial charge in [0.1, 0.15) is 48.8 Å². The van der Waals surface area contributed by atoms with Gasteiger partial charge in [-0.1, -0.05) is 30.3 Å². The Kier molecular flexibility index (Phi) is 6.47. The van der Waals surface area contributed by atoms with E-state index in [9.17, 15) is 25.5 Å². The van der Waals surface area contributed by atoms with Gasteiger partial charge in [0, 0.05) is 5.56 Å². The summed E-state index contributed by atoms with van der Waals surface area (Å²) in [5.74, 6) is 0. The van der Waals surface area contributed by atoms with E-state index in [0.29, 0.717) is 0 Å². The maximum absolute atomic E-state index is 10.6. The van der Waals surface area contributed by atoms with E-state index in [1.807, 2.05) is 30.3 Å². The molecule has 0 amide bonds. The molecule has 29 heavy (non-hydrogen) atoms. The number of benzene rings is 1. The summed E-state index contributed by atoms with van der Waals surface area (Å²) in [6, 6.07) is 9.19. The van der Waals surface area contributed by atoms with Crippen molar-refractivity contribution in [2.45, 2.75) is 61.4 Å². The summed E-state index contributed by atoms with van der Waals surface area (Å²) in [4.78, 5) is 0. The standard InChI is InChI=1S/C19H26O10/c20-6-11-16(13(22)10(21)7-25-11)29-19-15(24)14(23)17-12(27-19)8-26-18(28-17)9-4-2-1-3-5-9/h1-5,10-24H,6-8H2/t10-,11+,12+,13+,14+,15+,16+,17+,18?,19-/m0/s1. The van der Waals surface area contributed by atoms with Crippen LogP contribution in [0.2, 0.25) is 0 Å². The van der Waals surface area contributed by atoms with Gasteiger partial charge in [0.2, 0.25) is 0 Å². The Morgan fingerprint density at radius 3 is 2.38 bits per heavy atom. The van der Waals surface area contributed by atoms with Gasteiger partial charge in [-0.2, -0.15) is 0 Å². The molecule has 0 aliphatic carbocycles. The van der Waals surface area contributed by atoms with Gasteiger partial charge in [0.25, 0.3) is 0 Å². The average molecular weight is 414 g/mol. The quantitative estimate of drug-likeness (QED) is 0.376. The summed E-state index contributed by atoms with van der Waals surface area (Å²) in [5.41, 5.74) is 0.772. The minimum absolute atomic E-state index is 0.0869. The molecule has 0 spiro atoms. The number of hydrogen-bond donors (Lipinski definition) is 5. The van der Waals surface area contributed by atoms with Crippen LogP contribution in [0.3, 0.4) is 0 Å². The van der Waals surface area contributed by atoms with E-state index in [2.05, 4.69) is 0 Å². The Labute approximate surface area is 167 Å². The van der Waals surface area contributed by atoms with Crippen molar-refractivity contribution in [3.8, 4) is 0 Å². The lowest BCUT2D eigenvalue weighted by molar-refractivity contribution is -0.376. The number of aliphatic hydroxyl groups is 5. The maximum atomic E-state index is 10.6. The predicted molar refractivity (Wildman–Crippen MR) is 94.4 cm³/mol. The SMILES string of the molecule is OC[C@H]1OC[C@H](O)[C@@H](O)[C@@H]1O[C@@H]1O[C@@H]2COC(c3ccccc3)O[C@H]2[C@H](O)[C@H]1O. The molecule has 10 heteroatoms. The van der Waals surface area contributed by atoms with Gasteiger partial charge in [0.15, 0.2) is 12.6 Å². The molecule has 3 aliphatic heterocycles. The molecule has 1 aromatic rings. The number of ether oxygens (including phenoxy) is 5. The lowest BCUT2D eigenvalue weighted by atomic mass is 9.96. The minimum atomic E-state index is -1.49. The van der Waals surface area contributed by atoms with Crippen molar-refractivity contribution in [3.05, 3.63) is 35.9 Å². The first kappa shape index (κ1) is 21.1. The highest BCUT2D eigenvalue weighted by Crippen LogP contribution is 2.35. The molecule has 1 unspecified atom stereocenters. The van der Waals surface area contributed by atoms with E-state index in [0.717, 1.165) is 5.56 Å². The molecule has 5 N–H and O–H groups in total. The van der Waals surface area contributed by atoms with Crippen LogP contribution in [0.4, 0.5) is 0 Å². The van der Waals surface area contributed by atoms with Crippen LogP contribution >= 0.6 is 0 Å². The molecular weight excluding hydrogens is 388 g/mol. The Balaban J connectivity index is 1.44. The van der Waals surface area contributed by atoms with E-state index in [1.165, 1.54) is 0 Å². The molecule has 4 rings (SSSR count). The molecule has 10 atom stereocenters. The molecule has 1 aromatic carbocycles. The first-order valence-corrected chi connectivity index (χ1v) is 9.57. The van der Waals surface area contributed by atoms with Crippen molar-refractivity contribution >= 4 is 0 Å². The van der Waals surface area contributed by atoms with Crippen molar-refractivity contribution in [2.24, 2.45) is 0 Å². The van der Waals surface area contributed by atoms with Crippen LogP contribution in [0.1, 0.15) is 11.9 Å². The maximum Gasteiger partial charge on any atom is 0.187 e. The van der Waals surface area contributed by atoms with Crippen LogP contribution in [-0.4, -0.2) is 100 Å². The number of aliphatic hydroxyl groups excluding tert-OH is 5. The molecule has 0 aromatic heterocycles. The molecule has 162 valence electrons.